The molecule has 8 heteroatoms. The molecule has 0 amide bonds. The lowest BCUT2D eigenvalue weighted by atomic mass is 10.1. The van der Waals surface area contributed by atoms with Gasteiger partial charge in [0, 0.05) is 6.61 Å². The Bertz CT molecular complexity index is 412. The van der Waals surface area contributed by atoms with Gasteiger partial charge in [-0.25, -0.2) is 9.45 Å². The Kier molecular flexibility index (Phi) is 20.8. The summed E-state index contributed by atoms with van der Waals surface area (Å²) < 4.78 is 20.2. The fourth-order valence-corrected chi connectivity index (χ4v) is 3.32. The second kappa shape index (κ2) is 21.0. The Morgan fingerprint density at radius 1 is 0.793 bits per heavy atom. The van der Waals surface area contributed by atoms with Crippen LogP contribution in [-0.2, 0) is 18.7 Å². The molecule has 0 saturated carbocycles. The van der Waals surface area contributed by atoms with Crippen LogP contribution in [0.25, 0.3) is 0 Å². The summed E-state index contributed by atoms with van der Waals surface area (Å²) in [5, 5.41) is 8.65. The zero-order valence-electron chi connectivity index (χ0n) is 18.2. The quantitative estimate of drug-likeness (QED) is 0.0625. The van der Waals surface area contributed by atoms with Crippen molar-refractivity contribution in [2.75, 3.05) is 19.8 Å². The van der Waals surface area contributed by atoms with Crippen LogP contribution in [0.15, 0.2) is 12.2 Å². The van der Waals surface area contributed by atoms with Crippen LogP contribution in [0.1, 0.15) is 96.8 Å². The standard InChI is InChI=1S/C21H43O7P/c1-2-3-4-5-6-7-8-9-10-11-12-13-14-15-16-17-18-26-19-21(28-22)20-27-29(23,24)25/h9-10,21-22H,2-8,11-20H2,1H3,(H2,23,24,25)/b10-9-. The number of rotatable bonds is 22. The lowest BCUT2D eigenvalue weighted by Crippen LogP contribution is -2.24. The maximum atomic E-state index is 10.6. The second-order valence-electron chi connectivity index (χ2n) is 7.53. The minimum absolute atomic E-state index is 0.0293. The summed E-state index contributed by atoms with van der Waals surface area (Å²) >= 11 is 0. The van der Waals surface area contributed by atoms with E-state index in [2.05, 4.69) is 28.5 Å². The molecular formula is C21H43O7P. The van der Waals surface area contributed by atoms with Gasteiger partial charge in [0.25, 0.3) is 0 Å². The third kappa shape index (κ3) is 23.9. The van der Waals surface area contributed by atoms with E-state index in [1.807, 2.05) is 0 Å². The Balaban J connectivity index is 3.30. The van der Waals surface area contributed by atoms with Crippen molar-refractivity contribution in [3.8, 4) is 0 Å². The summed E-state index contributed by atoms with van der Waals surface area (Å²) in [7, 11) is -4.56. The minimum atomic E-state index is -4.56. The Hall–Kier alpha value is -0.270. The van der Waals surface area contributed by atoms with Crippen molar-refractivity contribution in [2.24, 2.45) is 0 Å². The van der Waals surface area contributed by atoms with Crippen LogP contribution in [0.5, 0.6) is 0 Å². The Labute approximate surface area is 177 Å². The molecule has 1 atom stereocenters. The van der Waals surface area contributed by atoms with Gasteiger partial charge in [-0.2, -0.15) is 0 Å². The van der Waals surface area contributed by atoms with Crippen molar-refractivity contribution in [1.82, 2.24) is 0 Å². The number of ether oxygens (including phenoxy) is 1. The number of hydrogen-bond donors (Lipinski definition) is 3. The Morgan fingerprint density at radius 3 is 1.83 bits per heavy atom. The molecule has 0 aromatic carbocycles. The molecule has 0 saturated heterocycles. The largest absolute Gasteiger partial charge is 0.469 e. The molecule has 0 rings (SSSR count). The second-order valence-corrected chi connectivity index (χ2v) is 8.77. The molecule has 0 radical (unpaired) electrons. The summed E-state index contributed by atoms with van der Waals surface area (Å²) in [5.74, 6) is 0. The third-order valence-corrected chi connectivity index (χ3v) is 5.17. The van der Waals surface area contributed by atoms with E-state index in [1.165, 1.54) is 77.0 Å². The fourth-order valence-electron chi connectivity index (χ4n) is 2.96. The van der Waals surface area contributed by atoms with Crippen LogP contribution in [-0.4, -0.2) is 41.0 Å². The molecule has 0 aliphatic rings. The number of hydrogen-bond acceptors (Lipinski definition) is 5. The van der Waals surface area contributed by atoms with Gasteiger partial charge in [0.1, 0.15) is 6.10 Å². The highest BCUT2D eigenvalue weighted by atomic mass is 31.2. The summed E-state index contributed by atoms with van der Waals surface area (Å²) in [6, 6.07) is 0. The molecule has 0 bridgehead atoms. The smallest absolute Gasteiger partial charge is 0.379 e. The molecule has 0 aromatic heterocycles. The molecule has 1 unspecified atom stereocenters. The van der Waals surface area contributed by atoms with E-state index in [-0.39, 0.29) is 6.61 Å². The maximum absolute atomic E-state index is 10.6. The summed E-state index contributed by atoms with van der Waals surface area (Å²) in [4.78, 5) is 21.3. The van der Waals surface area contributed by atoms with Crippen LogP contribution in [0.3, 0.4) is 0 Å². The van der Waals surface area contributed by atoms with Crippen molar-refractivity contribution in [3.63, 3.8) is 0 Å². The number of phosphoric ester groups is 1. The molecule has 0 heterocycles. The molecule has 29 heavy (non-hydrogen) atoms. The zero-order valence-corrected chi connectivity index (χ0v) is 19.1. The highest BCUT2D eigenvalue weighted by Gasteiger charge is 2.19. The molecule has 174 valence electrons. The topological polar surface area (TPSA) is 105 Å². The van der Waals surface area contributed by atoms with Gasteiger partial charge in [0.2, 0.25) is 0 Å². The van der Waals surface area contributed by atoms with E-state index in [1.54, 1.807) is 0 Å². The van der Waals surface area contributed by atoms with Crippen molar-refractivity contribution >= 4 is 7.82 Å². The molecule has 0 fully saturated rings. The van der Waals surface area contributed by atoms with Gasteiger partial charge in [0.15, 0.2) is 0 Å². The van der Waals surface area contributed by atoms with Crippen LogP contribution in [0, 0.1) is 0 Å². The number of unbranched alkanes of at least 4 members (excludes halogenated alkanes) is 12. The van der Waals surface area contributed by atoms with Gasteiger partial charge in [-0.05, 0) is 32.1 Å². The van der Waals surface area contributed by atoms with Crippen LogP contribution < -0.4 is 0 Å². The lowest BCUT2D eigenvalue weighted by Gasteiger charge is -2.14. The van der Waals surface area contributed by atoms with Gasteiger partial charge >= 0.3 is 7.82 Å². The number of allylic oxidation sites excluding steroid dienone is 2. The molecule has 0 spiro atoms. The van der Waals surface area contributed by atoms with Gasteiger partial charge < -0.3 is 14.5 Å². The average Bonchev–Trinajstić information content (AvgIpc) is 2.68. The first-order valence-electron chi connectivity index (χ1n) is 11.2. The van der Waals surface area contributed by atoms with Gasteiger partial charge in [0.05, 0.1) is 13.2 Å². The monoisotopic (exact) mass is 438 g/mol. The first-order chi connectivity index (χ1) is 14.0. The van der Waals surface area contributed by atoms with Crippen LogP contribution in [0.4, 0.5) is 0 Å². The van der Waals surface area contributed by atoms with Crippen LogP contribution in [0.2, 0.25) is 0 Å². The minimum Gasteiger partial charge on any atom is -0.379 e. The summed E-state index contributed by atoms with van der Waals surface area (Å²) in [6.45, 7) is 2.38. The van der Waals surface area contributed by atoms with E-state index in [4.69, 9.17) is 19.8 Å². The molecule has 0 aromatic rings. The van der Waals surface area contributed by atoms with Gasteiger partial charge in [-0.15, -0.1) is 0 Å². The lowest BCUT2D eigenvalue weighted by molar-refractivity contribution is -0.292. The SMILES string of the molecule is CCCCCCCC/C=C\CCCCCCCCOCC(COP(=O)(O)O)OO. The average molecular weight is 439 g/mol. The predicted molar refractivity (Wildman–Crippen MR) is 116 cm³/mol. The third-order valence-electron chi connectivity index (χ3n) is 4.68. The first-order valence-corrected chi connectivity index (χ1v) is 12.8. The highest BCUT2D eigenvalue weighted by molar-refractivity contribution is 7.46. The van der Waals surface area contributed by atoms with Crippen molar-refractivity contribution in [3.05, 3.63) is 12.2 Å². The fraction of sp³-hybridized carbons (Fsp3) is 0.905. The number of phosphoric acid groups is 1. The van der Waals surface area contributed by atoms with Crippen molar-refractivity contribution < 1.29 is 33.8 Å². The van der Waals surface area contributed by atoms with E-state index < -0.39 is 20.5 Å². The van der Waals surface area contributed by atoms with Crippen LogP contribution >= 0.6 is 7.82 Å². The zero-order chi connectivity index (χ0) is 21.6. The van der Waals surface area contributed by atoms with Gasteiger partial charge in [-0.3, -0.25) is 9.78 Å². The van der Waals surface area contributed by atoms with E-state index in [0.29, 0.717) is 6.61 Å². The molecule has 7 nitrogen and oxygen atoms in total. The molecule has 3 N–H and O–H groups in total. The summed E-state index contributed by atoms with van der Waals surface area (Å²) in [5.41, 5.74) is 0. The molecular weight excluding hydrogens is 395 g/mol. The van der Waals surface area contributed by atoms with Gasteiger partial charge in [-0.1, -0.05) is 76.9 Å². The maximum Gasteiger partial charge on any atom is 0.469 e. The van der Waals surface area contributed by atoms with E-state index >= 15 is 0 Å². The molecule has 0 aliphatic carbocycles. The highest BCUT2D eigenvalue weighted by Crippen LogP contribution is 2.35. The van der Waals surface area contributed by atoms with E-state index in [0.717, 1.165) is 12.8 Å². The van der Waals surface area contributed by atoms with E-state index in [9.17, 15) is 4.57 Å². The Morgan fingerprint density at radius 2 is 1.31 bits per heavy atom. The van der Waals surface area contributed by atoms with Crippen molar-refractivity contribution in [1.29, 1.82) is 0 Å². The first kappa shape index (κ1) is 28.7. The van der Waals surface area contributed by atoms with Crippen molar-refractivity contribution in [2.45, 2.75) is 103 Å². The summed E-state index contributed by atoms with van der Waals surface area (Å²) in [6.07, 6.45) is 21.2. The normalized spacial score (nSPS) is 13.4. The predicted octanol–water partition coefficient (Wildman–Crippen LogP) is 6.01. The molecule has 0 aliphatic heterocycles.